The number of ether oxygens (including phenoxy) is 3. The van der Waals surface area contributed by atoms with Crippen molar-refractivity contribution >= 4 is 29.6 Å². The molecule has 1 fully saturated rings. The van der Waals surface area contributed by atoms with Crippen molar-refractivity contribution in [2.45, 2.75) is 123 Å². The standard InChI is InChI=1S/C40H66N8O8/c1-13-25(6)35(47(9)39(52)34(24(4)5)44-38(51)33(42-8)23(2)3)31(54-10)21-32(49)48-22-28(45-46-41)20-30(48)36(55-11)26(7)37(50)43-29(40(53)56-12)19-27-17-15-14-16-18-27/h14-18,23-26,28-31,33-36,42H,13,19-22H2,1-12H3,(H,43,50)(H,44,51)/t25-,26+,28-,29-,30-,31+,33-,34-,35-,36+/m0/s1. The second-order valence-corrected chi connectivity index (χ2v) is 15.5. The molecule has 0 radical (unpaired) electrons. The zero-order valence-corrected chi connectivity index (χ0v) is 35.4. The van der Waals surface area contributed by atoms with E-state index in [0.717, 1.165) is 5.56 Å². The van der Waals surface area contributed by atoms with Gasteiger partial charge in [-0.1, -0.05) is 90.3 Å². The Bertz CT molecular complexity index is 1490. The van der Waals surface area contributed by atoms with E-state index in [1.54, 1.807) is 30.8 Å². The Morgan fingerprint density at radius 3 is 2.07 bits per heavy atom. The van der Waals surface area contributed by atoms with Crippen LogP contribution in [-0.4, -0.2) is 130 Å². The van der Waals surface area contributed by atoms with E-state index in [-0.39, 0.29) is 61.3 Å². The summed E-state index contributed by atoms with van der Waals surface area (Å²) in [5, 5.41) is 12.7. The third-order valence-corrected chi connectivity index (χ3v) is 11.1. The number of esters is 1. The number of rotatable bonds is 22. The molecule has 3 N–H and O–H groups in total. The van der Waals surface area contributed by atoms with Crippen molar-refractivity contribution in [1.29, 1.82) is 0 Å². The molecule has 314 valence electrons. The van der Waals surface area contributed by atoms with E-state index in [9.17, 15) is 29.5 Å². The third-order valence-electron chi connectivity index (χ3n) is 11.1. The number of likely N-dealkylation sites (tertiary alicyclic amines) is 1. The van der Waals surface area contributed by atoms with Crippen LogP contribution in [0.2, 0.25) is 0 Å². The maximum Gasteiger partial charge on any atom is 0.328 e. The van der Waals surface area contributed by atoms with Crippen LogP contribution in [0.3, 0.4) is 0 Å². The van der Waals surface area contributed by atoms with Gasteiger partial charge in [0.15, 0.2) is 0 Å². The van der Waals surface area contributed by atoms with Crippen LogP contribution in [0.5, 0.6) is 0 Å². The highest BCUT2D eigenvalue weighted by atomic mass is 16.5. The first-order valence-corrected chi connectivity index (χ1v) is 19.6. The van der Waals surface area contributed by atoms with Crippen LogP contribution >= 0.6 is 0 Å². The van der Waals surface area contributed by atoms with Gasteiger partial charge in [0.1, 0.15) is 12.1 Å². The molecule has 10 atom stereocenters. The van der Waals surface area contributed by atoms with Gasteiger partial charge in [-0.05, 0) is 42.3 Å². The maximum absolute atomic E-state index is 14.4. The number of azide groups is 1. The Morgan fingerprint density at radius 2 is 1.57 bits per heavy atom. The monoisotopic (exact) mass is 787 g/mol. The number of carbonyl (C=O) groups excluding carboxylic acids is 5. The Hall–Kier alpha value is -4.24. The van der Waals surface area contributed by atoms with E-state index in [1.807, 2.05) is 71.9 Å². The van der Waals surface area contributed by atoms with Gasteiger partial charge in [-0.25, -0.2) is 4.79 Å². The molecule has 0 saturated carbocycles. The van der Waals surface area contributed by atoms with Gasteiger partial charge in [-0.3, -0.25) is 19.2 Å². The quantitative estimate of drug-likeness (QED) is 0.0681. The number of likely N-dealkylation sites (N-methyl/N-ethyl adjacent to an activating group) is 2. The van der Waals surface area contributed by atoms with E-state index < -0.39 is 66.3 Å². The minimum absolute atomic E-state index is 0.00302. The van der Waals surface area contributed by atoms with Crippen LogP contribution in [0.1, 0.15) is 73.3 Å². The van der Waals surface area contributed by atoms with Crippen molar-refractivity contribution in [2.75, 3.05) is 42.0 Å². The molecule has 1 aromatic carbocycles. The summed E-state index contributed by atoms with van der Waals surface area (Å²) in [6.07, 6.45) is -0.607. The summed E-state index contributed by atoms with van der Waals surface area (Å²) in [7, 11) is 7.58. The maximum atomic E-state index is 14.4. The fourth-order valence-corrected chi connectivity index (χ4v) is 7.69. The molecule has 1 saturated heterocycles. The average molecular weight is 787 g/mol. The smallest absolute Gasteiger partial charge is 0.328 e. The van der Waals surface area contributed by atoms with Crippen molar-refractivity contribution < 1.29 is 38.2 Å². The van der Waals surface area contributed by atoms with Crippen LogP contribution in [0, 0.1) is 23.7 Å². The summed E-state index contributed by atoms with van der Waals surface area (Å²) in [6, 6.07) is 5.15. The van der Waals surface area contributed by atoms with Crippen molar-refractivity contribution in [1.82, 2.24) is 25.8 Å². The molecule has 0 spiro atoms. The van der Waals surface area contributed by atoms with Crippen LogP contribution in [0.15, 0.2) is 35.4 Å². The van der Waals surface area contributed by atoms with Crippen LogP contribution in [-0.2, 0) is 44.6 Å². The molecule has 2 rings (SSSR count). The number of amides is 4. The summed E-state index contributed by atoms with van der Waals surface area (Å²) in [6.45, 7) is 13.3. The van der Waals surface area contributed by atoms with Crippen molar-refractivity contribution in [3.63, 3.8) is 0 Å². The van der Waals surface area contributed by atoms with Gasteiger partial charge in [0.2, 0.25) is 23.6 Å². The lowest BCUT2D eigenvalue weighted by atomic mass is 9.89. The predicted octanol–water partition coefficient (Wildman–Crippen LogP) is 3.48. The second kappa shape index (κ2) is 23.1. The first-order valence-electron chi connectivity index (χ1n) is 19.6. The fraction of sp³-hybridized carbons (Fsp3) is 0.725. The minimum atomic E-state index is -0.963. The molecule has 0 bridgehead atoms. The lowest BCUT2D eigenvalue weighted by molar-refractivity contribution is -0.148. The average Bonchev–Trinajstić information content (AvgIpc) is 3.59. The molecule has 1 aromatic rings. The molecule has 0 aromatic heterocycles. The number of carbonyl (C=O) groups is 5. The molecule has 1 aliphatic heterocycles. The van der Waals surface area contributed by atoms with Gasteiger partial charge in [-0.15, -0.1) is 0 Å². The van der Waals surface area contributed by atoms with Crippen LogP contribution in [0.4, 0.5) is 0 Å². The highest BCUT2D eigenvalue weighted by Gasteiger charge is 2.45. The van der Waals surface area contributed by atoms with Crippen molar-refractivity contribution in [3.8, 4) is 0 Å². The lowest BCUT2D eigenvalue weighted by Crippen LogP contribution is -2.59. The van der Waals surface area contributed by atoms with Crippen LogP contribution < -0.4 is 16.0 Å². The third kappa shape index (κ3) is 12.6. The van der Waals surface area contributed by atoms with Crippen molar-refractivity contribution in [3.05, 3.63) is 46.3 Å². The molecular formula is C40H66N8O8. The first kappa shape index (κ1) is 47.9. The number of hydrogen-bond donors (Lipinski definition) is 3. The molecule has 16 nitrogen and oxygen atoms in total. The second-order valence-electron chi connectivity index (χ2n) is 15.5. The molecule has 1 aliphatic rings. The summed E-state index contributed by atoms with van der Waals surface area (Å²) in [5.74, 6) is -3.17. The lowest BCUT2D eigenvalue weighted by Gasteiger charge is -2.41. The van der Waals surface area contributed by atoms with E-state index in [1.165, 1.54) is 21.3 Å². The van der Waals surface area contributed by atoms with Gasteiger partial charge in [-0.2, -0.15) is 0 Å². The van der Waals surface area contributed by atoms with E-state index in [2.05, 4.69) is 26.0 Å². The number of nitrogens with zero attached hydrogens (tertiary/aromatic N) is 5. The molecular weight excluding hydrogens is 720 g/mol. The number of benzene rings is 1. The van der Waals surface area contributed by atoms with Gasteiger partial charge in [0.05, 0.1) is 55.8 Å². The minimum Gasteiger partial charge on any atom is -0.467 e. The predicted molar refractivity (Wildman–Crippen MR) is 213 cm³/mol. The topological polar surface area (TPSA) is 204 Å². The van der Waals surface area contributed by atoms with E-state index in [0.29, 0.717) is 6.42 Å². The Labute approximate surface area is 332 Å². The van der Waals surface area contributed by atoms with Crippen molar-refractivity contribution in [2.24, 2.45) is 28.8 Å². The molecule has 0 unspecified atom stereocenters. The number of methoxy groups -OCH3 is 3. The molecule has 4 amide bonds. The molecule has 56 heavy (non-hydrogen) atoms. The Morgan fingerprint density at radius 1 is 0.946 bits per heavy atom. The van der Waals surface area contributed by atoms with Gasteiger partial charge in [0.25, 0.3) is 0 Å². The normalized spacial score (nSPS) is 19.8. The highest BCUT2D eigenvalue weighted by molar-refractivity contribution is 5.90. The molecule has 1 heterocycles. The van der Waals surface area contributed by atoms with E-state index in [4.69, 9.17) is 14.2 Å². The zero-order valence-electron chi connectivity index (χ0n) is 35.4. The SMILES string of the molecule is CC[C@H](C)[C@@H]([C@@H](CC(=O)N1C[C@@H](N=[N+]=[N-])C[C@H]1[C@H](OC)[C@@H](C)C(=O)N[C@@H](Cc1ccccc1)C(=O)OC)OC)N(C)C(=O)[C@@H](NC(=O)[C@@H](NC)C(C)C)C(C)C. The van der Waals surface area contributed by atoms with Gasteiger partial charge in [0, 0.05) is 39.1 Å². The summed E-state index contributed by atoms with van der Waals surface area (Å²) in [5.41, 5.74) is 10.2. The van der Waals surface area contributed by atoms with E-state index >= 15 is 0 Å². The fourth-order valence-electron chi connectivity index (χ4n) is 7.69. The summed E-state index contributed by atoms with van der Waals surface area (Å²) < 4.78 is 16.9. The molecule has 0 aliphatic carbocycles. The Balaban J connectivity index is 2.40. The van der Waals surface area contributed by atoms with Crippen LogP contribution in [0.25, 0.3) is 10.4 Å². The van der Waals surface area contributed by atoms with Gasteiger partial charge >= 0.3 is 5.97 Å². The highest BCUT2D eigenvalue weighted by Crippen LogP contribution is 2.31. The largest absolute Gasteiger partial charge is 0.467 e. The first-order chi connectivity index (χ1) is 26.5. The summed E-state index contributed by atoms with van der Waals surface area (Å²) in [4.78, 5) is 74.5. The Kier molecular flexibility index (Phi) is 19.8. The number of nitrogens with one attached hydrogen (secondary N) is 3. The number of hydrogen-bond acceptors (Lipinski definition) is 10. The summed E-state index contributed by atoms with van der Waals surface area (Å²) >= 11 is 0. The van der Waals surface area contributed by atoms with Gasteiger partial charge < -0.3 is 40.0 Å². The zero-order chi connectivity index (χ0) is 42.3. The molecule has 16 heteroatoms.